The number of hydrazine groups is 1. The van der Waals surface area contributed by atoms with Crippen LogP contribution in [0.5, 0.6) is 0 Å². The molecule has 0 amide bonds. The molecule has 0 atom stereocenters. The minimum absolute atomic E-state index is 0.765. The summed E-state index contributed by atoms with van der Waals surface area (Å²) in [7, 11) is 1.81. The van der Waals surface area contributed by atoms with Gasteiger partial charge in [-0.15, -0.1) is 0 Å². The molecule has 0 radical (unpaired) electrons. The van der Waals surface area contributed by atoms with Gasteiger partial charge < -0.3 is 5.43 Å². The van der Waals surface area contributed by atoms with Crippen molar-refractivity contribution < 1.29 is 0 Å². The fourth-order valence-electron chi connectivity index (χ4n) is 1.41. The highest BCUT2D eigenvalue weighted by atomic mass is 15.4. The summed E-state index contributed by atoms with van der Waals surface area (Å²) in [5, 5.41) is 1.02. The monoisotopic (exact) mass is 188 g/mol. The van der Waals surface area contributed by atoms with Gasteiger partial charge in [-0.05, 0) is 19.1 Å². The Morgan fingerprint density at radius 2 is 1.93 bits per heavy atom. The molecule has 0 saturated carbocycles. The van der Waals surface area contributed by atoms with E-state index in [1.165, 1.54) is 0 Å². The van der Waals surface area contributed by atoms with Crippen LogP contribution in [-0.4, -0.2) is 17.0 Å². The van der Waals surface area contributed by atoms with Crippen LogP contribution in [0.25, 0.3) is 10.9 Å². The molecule has 0 aliphatic rings. The first kappa shape index (κ1) is 8.90. The maximum atomic E-state index is 4.34. The van der Waals surface area contributed by atoms with Gasteiger partial charge in [-0.3, -0.25) is 0 Å². The molecule has 2 N–H and O–H groups in total. The zero-order chi connectivity index (χ0) is 9.97. The molecule has 0 fully saturated rings. The number of hydrogen-bond donors (Lipinski definition) is 2. The normalized spacial score (nSPS) is 10.4. The molecule has 0 aliphatic carbocycles. The Morgan fingerprint density at radius 3 is 2.71 bits per heavy atom. The third-order valence-electron chi connectivity index (χ3n) is 1.96. The van der Waals surface area contributed by atoms with Crippen molar-refractivity contribution in [3.63, 3.8) is 0 Å². The average Bonchev–Trinajstić information content (AvgIpc) is 2.18. The highest BCUT2D eigenvalue weighted by Gasteiger charge is 2.02. The van der Waals surface area contributed by atoms with Crippen molar-refractivity contribution >= 4 is 16.7 Å². The molecule has 0 saturated heterocycles. The predicted octanol–water partition coefficient (Wildman–Crippen LogP) is 1.48. The summed E-state index contributed by atoms with van der Waals surface area (Å²) in [6.45, 7) is 1.88. The van der Waals surface area contributed by atoms with Crippen LogP contribution in [0.4, 0.5) is 5.82 Å². The van der Waals surface area contributed by atoms with Crippen molar-refractivity contribution in [2.75, 3.05) is 12.5 Å². The molecule has 4 nitrogen and oxygen atoms in total. The van der Waals surface area contributed by atoms with Crippen LogP contribution in [0.15, 0.2) is 24.3 Å². The van der Waals surface area contributed by atoms with Gasteiger partial charge in [0, 0.05) is 12.4 Å². The highest BCUT2D eigenvalue weighted by molar-refractivity contribution is 5.88. The Morgan fingerprint density at radius 1 is 1.14 bits per heavy atom. The lowest BCUT2D eigenvalue weighted by molar-refractivity contribution is 0.954. The van der Waals surface area contributed by atoms with Crippen molar-refractivity contribution in [2.45, 2.75) is 6.92 Å². The van der Waals surface area contributed by atoms with Crippen LogP contribution in [0, 0.1) is 6.92 Å². The van der Waals surface area contributed by atoms with Gasteiger partial charge in [0.25, 0.3) is 0 Å². The quantitative estimate of drug-likeness (QED) is 0.701. The first-order valence-electron chi connectivity index (χ1n) is 4.47. The number of nitrogens with one attached hydrogen (secondary N) is 2. The highest BCUT2D eigenvalue weighted by Crippen LogP contribution is 2.18. The van der Waals surface area contributed by atoms with Gasteiger partial charge in [0.1, 0.15) is 5.82 Å². The van der Waals surface area contributed by atoms with Gasteiger partial charge in [-0.25, -0.2) is 15.4 Å². The van der Waals surface area contributed by atoms with E-state index in [2.05, 4.69) is 20.8 Å². The van der Waals surface area contributed by atoms with Gasteiger partial charge in [0.2, 0.25) is 0 Å². The van der Waals surface area contributed by atoms with E-state index in [4.69, 9.17) is 0 Å². The Hall–Kier alpha value is -1.68. The maximum Gasteiger partial charge on any atom is 0.151 e. The van der Waals surface area contributed by atoms with Crippen molar-refractivity contribution in [2.24, 2.45) is 0 Å². The Balaban J connectivity index is 2.67. The molecule has 0 spiro atoms. The van der Waals surface area contributed by atoms with Crippen LogP contribution < -0.4 is 10.9 Å². The van der Waals surface area contributed by atoms with Crippen molar-refractivity contribution in [1.82, 2.24) is 15.4 Å². The minimum Gasteiger partial charge on any atom is -0.305 e. The fraction of sp³-hybridized carbons (Fsp3) is 0.200. The Kier molecular flexibility index (Phi) is 2.28. The minimum atomic E-state index is 0.765. The van der Waals surface area contributed by atoms with Gasteiger partial charge in [-0.2, -0.15) is 0 Å². The van der Waals surface area contributed by atoms with E-state index in [9.17, 15) is 0 Å². The number of fused-ring (bicyclic) bond motifs is 1. The zero-order valence-electron chi connectivity index (χ0n) is 8.20. The third kappa shape index (κ3) is 1.52. The molecule has 72 valence electrons. The lowest BCUT2D eigenvalue weighted by Gasteiger charge is -2.07. The summed E-state index contributed by atoms with van der Waals surface area (Å²) in [6.07, 6.45) is 0. The number of hydrogen-bond acceptors (Lipinski definition) is 4. The van der Waals surface area contributed by atoms with Crippen LogP contribution in [0.1, 0.15) is 5.82 Å². The van der Waals surface area contributed by atoms with E-state index in [1.54, 1.807) is 0 Å². The Bertz CT molecular complexity index is 453. The number of nitrogens with zero attached hydrogens (tertiary/aromatic N) is 2. The molecule has 2 aromatic rings. The summed E-state index contributed by atoms with van der Waals surface area (Å²) < 4.78 is 0. The summed E-state index contributed by atoms with van der Waals surface area (Å²) in [5.41, 5.74) is 6.81. The second-order valence-electron chi connectivity index (χ2n) is 3.01. The topological polar surface area (TPSA) is 49.8 Å². The van der Waals surface area contributed by atoms with Crippen molar-refractivity contribution in [3.8, 4) is 0 Å². The van der Waals surface area contributed by atoms with Crippen LogP contribution in [0.3, 0.4) is 0 Å². The van der Waals surface area contributed by atoms with Crippen molar-refractivity contribution in [3.05, 3.63) is 30.1 Å². The van der Waals surface area contributed by atoms with Gasteiger partial charge in [0.05, 0.1) is 5.52 Å². The smallest absolute Gasteiger partial charge is 0.151 e. The molecule has 1 aromatic carbocycles. The van der Waals surface area contributed by atoms with Crippen molar-refractivity contribution in [1.29, 1.82) is 0 Å². The predicted molar refractivity (Wildman–Crippen MR) is 57.0 cm³/mol. The molecule has 0 bridgehead atoms. The first-order valence-corrected chi connectivity index (χ1v) is 4.47. The van der Waals surface area contributed by atoms with E-state index < -0.39 is 0 Å². The van der Waals surface area contributed by atoms with E-state index in [-0.39, 0.29) is 0 Å². The van der Waals surface area contributed by atoms with E-state index in [1.807, 2.05) is 38.2 Å². The van der Waals surface area contributed by atoms with E-state index in [0.29, 0.717) is 0 Å². The Labute approximate surface area is 82.4 Å². The summed E-state index contributed by atoms with van der Waals surface area (Å²) in [4.78, 5) is 8.65. The third-order valence-corrected chi connectivity index (χ3v) is 1.96. The molecule has 0 aliphatic heterocycles. The second kappa shape index (κ2) is 3.59. The summed E-state index contributed by atoms with van der Waals surface area (Å²) in [6, 6.07) is 7.92. The summed E-state index contributed by atoms with van der Waals surface area (Å²) in [5.74, 6) is 1.58. The number of anilines is 1. The maximum absolute atomic E-state index is 4.34. The first-order chi connectivity index (χ1) is 6.81. The van der Waals surface area contributed by atoms with Gasteiger partial charge in [0.15, 0.2) is 5.82 Å². The number of para-hydroxylation sites is 1. The van der Waals surface area contributed by atoms with Crippen LogP contribution in [0.2, 0.25) is 0 Å². The molecule has 14 heavy (non-hydrogen) atoms. The standard InChI is InChI=1S/C10H12N4/c1-7-12-9-6-4-3-5-8(9)10(13-7)14-11-2/h3-6,11H,1-2H3,(H,12,13,14). The van der Waals surface area contributed by atoms with E-state index in [0.717, 1.165) is 22.5 Å². The lowest BCUT2D eigenvalue weighted by atomic mass is 10.2. The van der Waals surface area contributed by atoms with E-state index >= 15 is 0 Å². The number of aromatic nitrogens is 2. The van der Waals surface area contributed by atoms with Gasteiger partial charge in [-0.1, -0.05) is 12.1 Å². The second-order valence-corrected chi connectivity index (χ2v) is 3.01. The molecule has 1 heterocycles. The largest absolute Gasteiger partial charge is 0.305 e. The molecular weight excluding hydrogens is 176 g/mol. The number of rotatable bonds is 2. The SMILES string of the molecule is CNNc1nc(C)nc2ccccc12. The molecular formula is C10H12N4. The molecule has 0 unspecified atom stereocenters. The zero-order valence-corrected chi connectivity index (χ0v) is 8.20. The van der Waals surface area contributed by atoms with Gasteiger partial charge >= 0.3 is 0 Å². The molecule has 2 rings (SSSR count). The van der Waals surface area contributed by atoms with Crippen LogP contribution >= 0.6 is 0 Å². The number of aryl methyl sites for hydroxylation is 1. The number of benzene rings is 1. The molecule has 4 heteroatoms. The fourth-order valence-corrected chi connectivity index (χ4v) is 1.41. The lowest BCUT2D eigenvalue weighted by Crippen LogP contribution is -2.16. The molecule has 1 aromatic heterocycles. The average molecular weight is 188 g/mol. The summed E-state index contributed by atoms with van der Waals surface area (Å²) >= 11 is 0. The van der Waals surface area contributed by atoms with Crippen LogP contribution in [-0.2, 0) is 0 Å².